The third kappa shape index (κ3) is 5.84. The molecule has 0 aromatic heterocycles. The average Bonchev–Trinajstić information content (AvgIpc) is 3.55. The van der Waals surface area contributed by atoms with E-state index in [1.165, 1.54) is 4.90 Å². The average molecular weight is 635 g/mol. The molecule has 0 saturated carbocycles. The highest BCUT2D eigenvalue weighted by Gasteiger charge is 2.80. The third-order valence-electron chi connectivity index (χ3n) is 9.92. The Morgan fingerprint density at radius 3 is 2.51 bits per heavy atom. The zero-order chi connectivity index (χ0) is 32.4. The molecule has 3 heterocycles. The standard InChI is InChI=1S/C36H43ClN2O6/c1-5-7-8-12-20-44-34(43)30-29-32(41)39(28(23-40)21-25-13-10-9-11-14-25)31(36(29)22-24(3)35(30,4)45-36)33(42)38(19-6-2)27-17-15-26(37)16-18-27/h5-6,9-11,13-18,24,28-31,40H,1-2,7-8,12,19-23H2,3-4H3/t24?,28-,29+,30+,31?,35-,36?/m1/s1. The molecule has 2 aromatic carbocycles. The van der Waals surface area contributed by atoms with E-state index in [2.05, 4.69) is 13.2 Å². The van der Waals surface area contributed by atoms with Crippen molar-refractivity contribution in [3.05, 3.63) is 90.5 Å². The van der Waals surface area contributed by atoms with Crippen LogP contribution in [0.1, 0.15) is 45.1 Å². The predicted octanol–water partition coefficient (Wildman–Crippen LogP) is 5.37. The van der Waals surface area contributed by atoms with Crippen LogP contribution in [0.15, 0.2) is 79.9 Å². The maximum atomic E-state index is 14.9. The van der Waals surface area contributed by atoms with E-state index in [0.717, 1.165) is 18.4 Å². The molecular formula is C36H43ClN2O6. The van der Waals surface area contributed by atoms with Crippen molar-refractivity contribution >= 4 is 35.1 Å². The Hall–Kier alpha value is -3.46. The summed E-state index contributed by atoms with van der Waals surface area (Å²) in [6, 6.07) is 14.6. The largest absolute Gasteiger partial charge is 0.465 e. The Morgan fingerprint density at radius 2 is 1.87 bits per heavy atom. The van der Waals surface area contributed by atoms with Gasteiger partial charge in [0.25, 0.3) is 5.91 Å². The normalized spacial score (nSPS) is 28.9. The number of hydrogen-bond donors (Lipinski definition) is 1. The monoisotopic (exact) mass is 634 g/mol. The van der Waals surface area contributed by atoms with E-state index >= 15 is 0 Å². The van der Waals surface area contributed by atoms with Crippen molar-refractivity contribution in [3.63, 3.8) is 0 Å². The van der Waals surface area contributed by atoms with Crippen molar-refractivity contribution in [3.8, 4) is 0 Å². The van der Waals surface area contributed by atoms with Gasteiger partial charge in [-0.05, 0) is 74.8 Å². The Balaban J connectivity index is 1.58. The lowest BCUT2D eigenvalue weighted by atomic mass is 9.62. The molecule has 9 heteroatoms. The molecule has 1 spiro atoms. The van der Waals surface area contributed by atoms with Gasteiger partial charge in [0.2, 0.25) is 5.91 Å². The minimum Gasteiger partial charge on any atom is -0.465 e. The van der Waals surface area contributed by atoms with Gasteiger partial charge >= 0.3 is 5.97 Å². The smallest absolute Gasteiger partial charge is 0.312 e. The minimum absolute atomic E-state index is 0.139. The lowest BCUT2D eigenvalue weighted by Crippen LogP contribution is -2.59. The van der Waals surface area contributed by atoms with Crippen LogP contribution in [-0.4, -0.2) is 70.8 Å². The first-order valence-corrected chi connectivity index (χ1v) is 16.1. The van der Waals surface area contributed by atoms with Crippen molar-refractivity contribution in [2.75, 3.05) is 24.7 Å². The Bertz CT molecular complexity index is 1420. The molecule has 2 bridgehead atoms. The number of halogens is 1. The maximum absolute atomic E-state index is 14.9. The number of likely N-dealkylation sites (tertiary alicyclic amines) is 1. The summed E-state index contributed by atoms with van der Waals surface area (Å²) >= 11 is 6.17. The molecule has 240 valence electrons. The SMILES string of the molecule is C=CCCCCOC(=O)[C@@H]1[C@H]2C(=O)N([C@@H](CO)Cc3ccccc3)C(C(=O)N(CC=C)c3ccc(Cl)cc3)C23CC(C)[C@@]1(C)O3. The summed E-state index contributed by atoms with van der Waals surface area (Å²) in [7, 11) is 0. The van der Waals surface area contributed by atoms with Crippen LogP contribution in [0.3, 0.4) is 0 Å². The molecule has 3 aliphatic heterocycles. The van der Waals surface area contributed by atoms with E-state index < -0.39 is 41.1 Å². The van der Waals surface area contributed by atoms with Crippen molar-refractivity contribution < 1.29 is 29.0 Å². The number of aliphatic hydroxyl groups is 1. The zero-order valence-corrected chi connectivity index (χ0v) is 26.8. The van der Waals surface area contributed by atoms with Crippen molar-refractivity contribution in [2.24, 2.45) is 17.8 Å². The van der Waals surface area contributed by atoms with Gasteiger partial charge in [-0.3, -0.25) is 14.4 Å². The molecule has 3 aliphatic rings. The van der Waals surface area contributed by atoms with Gasteiger partial charge in [-0.2, -0.15) is 0 Å². The van der Waals surface area contributed by atoms with Gasteiger partial charge in [0.05, 0.1) is 30.8 Å². The van der Waals surface area contributed by atoms with Gasteiger partial charge in [0, 0.05) is 17.3 Å². The van der Waals surface area contributed by atoms with Gasteiger partial charge in [-0.25, -0.2) is 0 Å². The highest BCUT2D eigenvalue weighted by molar-refractivity contribution is 6.30. The quantitative estimate of drug-likeness (QED) is 0.171. The lowest BCUT2D eigenvalue weighted by molar-refractivity contribution is -0.162. The number of esters is 1. The van der Waals surface area contributed by atoms with Crippen LogP contribution in [0.25, 0.3) is 0 Å². The van der Waals surface area contributed by atoms with Gasteiger partial charge in [-0.1, -0.05) is 61.0 Å². The zero-order valence-electron chi connectivity index (χ0n) is 26.1. The van der Waals surface area contributed by atoms with Crippen LogP contribution in [-0.2, 0) is 30.3 Å². The molecule has 3 saturated heterocycles. The molecule has 2 aromatic rings. The van der Waals surface area contributed by atoms with E-state index in [9.17, 15) is 19.5 Å². The van der Waals surface area contributed by atoms with Crippen LogP contribution in [0.2, 0.25) is 5.02 Å². The number of amides is 2. The number of allylic oxidation sites excluding steroid dienone is 1. The molecule has 8 nitrogen and oxygen atoms in total. The van der Waals surface area contributed by atoms with Crippen molar-refractivity contribution in [1.82, 2.24) is 4.90 Å². The first-order chi connectivity index (χ1) is 21.6. The second-order valence-corrected chi connectivity index (χ2v) is 13.1. The molecule has 3 fully saturated rings. The van der Waals surface area contributed by atoms with Gasteiger partial charge in [0.15, 0.2) is 0 Å². The molecule has 0 radical (unpaired) electrons. The molecule has 7 atom stereocenters. The summed E-state index contributed by atoms with van der Waals surface area (Å²) in [4.78, 5) is 46.5. The molecule has 2 amide bonds. The van der Waals surface area contributed by atoms with Crippen LogP contribution >= 0.6 is 11.6 Å². The number of ether oxygens (including phenoxy) is 2. The fraction of sp³-hybridized carbons (Fsp3) is 0.472. The second kappa shape index (κ2) is 13.5. The summed E-state index contributed by atoms with van der Waals surface area (Å²) in [5, 5.41) is 11.3. The van der Waals surface area contributed by atoms with Crippen molar-refractivity contribution in [1.29, 1.82) is 0 Å². The first kappa shape index (κ1) is 32.9. The Labute approximate surface area is 270 Å². The summed E-state index contributed by atoms with van der Waals surface area (Å²) < 4.78 is 12.6. The number of carbonyl (C=O) groups excluding carboxylic acids is 3. The highest BCUT2D eigenvalue weighted by Crippen LogP contribution is 2.65. The van der Waals surface area contributed by atoms with E-state index in [4.69, 9.17) is 21.1 Å². The predicted molar refractivity (Wildman–Crippen MR) is 174 cm³/mol. The van der Waals surface area contributed by atoms with E-state index in [0.29, 0.717) is 30.0 Å². The van der Waals surface area contributed by atoms with Gasteiger partial charge in [-0.15, -0.1) is 13.2 Å². The number of hydrogen-bond acceptors (Lipinski definition) is 6. The number of anilines is 1. The number of benzene rings is 2. The number of aliphatic hydroxyl groups excluding tert-OH is 1. The van der Waals surface area contributed by atoms with Gasteiger partial charge < -0.3 is 24.4 Å². The van der Waals surface area contributed by atoms with Crippen LogP contribution in [0.4, 0.5) is 5.69 Å². The Morgan fingerprint density at radius 1 is 1.16 bits per heavy atom. The maximum Gasteiger partial charge on any atom is 0.312 e. The van der Waals surface area contributed by atoms with Gasteiger partial charge in [0.1, 0.15) is 17.6 Å². The number of unbranched alkanes of at least 4 members (excludes halogenated alkanes) is 2. The topological polar surface area (TPSA) is 96.4 Å². The lowest BCUT2D eigenvalue weighted by Gasteiger charge is -2.39. The second-order valence-electron chi connectivity index (χ2n) is 12.6. The number of carbonyl (C=O) groups is 3. The molecule has 45 heavy (non-hydrogen) atoms. The van der Waals surface area contributed by atoms with E-state index in [-0.39, 0.29) is 37.5 Å². The van der Waals surface area contributed by atoms with Crippen molar-refractivity contribution in [2.45, 2.75) is 69.2 Å². The fourth-order valence-electron chi connectivity index (χ4n) is 7.72. The third-order valence-corrected chi connectivity index (χ3v) is 10.2. The summed E-state index contributed by atoms with van der Waals surface area (Å²) in [5.41, 5.74) is -0.791. The molecule has 0 aliphatic carbocycles. The number of nitrogens with zero attached hydrogens (tertiary/aromatic N) is 2. The van der Waals surface area contributed by atoms with Crippen LogP contribution in [0, 0.1) is 17.8 Å². The highest BCUT2D eigenvalue weighted by atomic mass is 35.5. The first-order valence-electron chi connectivity index (χ1n) is 15.8. The molecule has 3 unspecified atom stereocenters. The summed E-state index contributed by atoms with van der Waals surface area (Å²) in [6.07, 6.45) is 6.51. The van der Waals surface area contributed by atoms with Crippen LogP contribution < -0.4 is 4.90 Å². The minimum atomic E-state index is -1.29. The van der Waals surface area contributed by atoms with E-state index in [1.807, 2.05) is 50.3 Å². The Kier molecular flexibility index (Phi) is 9.87. The van der Waals surface area contributed by atoms with E-state index in [1.54, 1.807) is 35.2 Å². The van der Waals surface area contributed by atoms with Crippen LogP contribution in [0.5, 0.6) is 0 Å². The summed E-state index contributed by atoms with van der Waals surface area (Å²) in [5.74, 6) is -3.20. The summed E-state index contributed by atoms with van der Waals surface area (Å²) in [6.45, 7) is 11.5. The number of fused-ring (bicyclic) bond motifs is 1. The molecular weight excluding hydrogens is 592 g/mol. The molecule has 5 rings (SSSR count). The molecule has 1 N–H and O–H groups in total. The fourth-order valence-corrected chi connectivity index (χ4v) is 7.84. The number of rotatable bonds is 14.